The highest BCUT2D eigenvalue weighted by molar-refractivity contribution is 7.93. The first kappa shape index (κ1) is 23.7. The van der Waals surface area contributed by atoms with Gasteiger partial charge in [-0.2, -0.15) is 0 Å². The summed E-state index contributed by atoms with van der Waals surface area (Å²) >= 11 is 6.17. The minimum absolute atomic E-state index is 0.314. The predicted octanol–water partition coefficient (Wildman–Crippen LogP) is 3.83. The molecular formula is C24H26ClN5O4S. The van der Waals surface area contributed by atoms with Crippen LogP contribution in [0.2, 0.25) is 5.02 Å². The summed E-state index contributed by atoms with van der Waals surface area (Å²) in [7, 11) is -3.44. The first-order valence-corrected chi connectivity index (χ1v) is 13.3. The van der Waals surface area contributed by atoms with Crippen LogP contribution in [0.25, 0.3) is 5.82 Å². The number of rotatable bonds is 7. The molecule has 2 aliphatic rings. The minimum Gasteiger partial charge on any atom is -0.378 e. The molecule has 5 rings (SSSR count). The zero-order chi connectivity index (χ0) is 24.6. The van der Waals surface area contributed by atoms with Gasteiger partial charge in [0.25, 0.3) is 5.91 Å². The molecule has 0 radical (unpaired) electrons. The number of anilines is 3. The van der Waals surface area contributed by atoms with Gasteiger partial charge in [-0.3, -0.25) is 9.52 Å². The molecule has 3 aromatic rings. The van der Waals surface area contributed by atoms with Gasteiger partial charge in [-0.05, 0) is 56.2 Å². The van der Waals surface area contributed by atoms with Gasteiger partial charge in [0.1, 0.15) is 5.82 Å². The Balaban J connectivity index is 1.30. The molecule has 1 aromatic carbocycles. The third-order valence-corrected chi connectivity index (χ3v) is 8.10. The Morgan fingerprint density at radius 1 is 1.11 bits per heavy atom. The number of sulfonamides is 1. The van der Waals surface area contributed by atoms with Crippen molar-refractivity contribution in [2.45, 2.75) is 25.0 Å². The molecule has 1 saturated heterocycles. The van der Waals surface area contributed by atoms with Crippen molar-refractivity contribution in [1.82, 2.24) is 9.55 Å². The van der Waals surface area contributed by atoms with Gasteiger partial charge < -0.3 is 19.5 Å². The number of pyridine rings is 1. The van der Waals surface area contributed by atoms with Crippen molar-refractivity contribution in [2.24, 2.45) is 0 Å². The second-order valence-electron chi connectivity index (χ2n) is 8.74. The van der Waals surface area contributed by atoms with Crippen LogP contribution < -0.4 is 14.9 Å². The summed E-state index contributed by atoms with van der Waals surface area (Å²) in [6.45, 7) is 4.98. The molecule has 0 unspecified atom stereocenters. The molecule has 0 spiro atoms. The fourth-order valence-electron chi connectivity index (χ4n) is 4.02. The van der Waals surface area contributed by atoms with Crippen LogP contribution in [0.1, 0.15) is 28.9 Å². The second-order valence-corrected chi connectivity index (χ2v) is 11.1. The molecule has 2 N–H and O–H groups in total. The maximum Gasteiger partial charge on any atom is 0.257 e. The molecule has 1 amide bonds. The van der Waals surface area contributed by atoms with E-state index in [1.807, 2.05) is 29.8 Å². The van der Waals surface area contributed by atoms with Crippen molar-refractivity contribution in [1.29, 1.82) is 0 Å². The van der Waals surface area contributed by atoms with E-state index in [1.165, 1.54) is 6.07 Å². The number of benzene rings is 1. The average Bonchev–Trinajstić information content (AvgIpc) is 3.62. The molecule has 1 aliphatic heterocycles. The number of carbonyl (C=O) groups is 1. The Bertz CT molecular complexity index is 1350. The fraction of sp³-hybridized carbons (Fsp3) is 0.333. The van der Waals surface area contributed by atoms with Gasteiger partial charge in [0, 0.05) is 35.7 Å². The molecular weight excluding hydrogens is 490 g/mol. The average molecular weight is 516 g/mol. The second kappa shape index (κ2) is 9.52. The summed E-state index contributed by atoms with van der Waals surface area (Å²) in [5.41, 5.74) is 3.05. The number of amides is 1. The highest BCUT2D eigenvalue weighted by Crippen LogP contribution is 2.31. The van der Waals surface area contributed by atoms with Crippen molar-refractivity contribution in [3.05, 3.63) is 65.1 Å². The van der Waals surface area contributed by atoms with Gasteiger partial charge in [0.05, 0.1) is 41.6 Å². The Morgan fingerprint density at radius 2 is 1.86 bits per heavy atom. The molecule has 1 aliphatic carbocycles. The van der Waals surface area contributed by atoms with E-state index in [1.54, 1.807) is 24.4 Å². The van der Waals surface area contributed by atoms with Crippen LogP contribution in [0.5, 0.6) is 0 Å². The van der Waals surface area contributed by atoms with Crippen LogP contribution >= 0.6 is 11.6 Å². The highest BCUT2D eigenvalue weighted by atomic mass is 35.5. The number of nitrogens with one attached hydrogen (secondary N) is 2. The summed E-state index contributed by atoms with van der Waals surface area (Å²) < 4.78 is 34.3. The zero-order valence-electron chi connectivity index (χ0n) is 19.2. The third-order valence-electron chi connectivity index (χ3n) is 6.01. The van der Waals surface area contributed by atoms with E-state index in [4.69, 9.17) is 16.3 Å². The smallest absolute Gasteiger partial charge is 0.257 e. The number of hydrogen-bond acceptors (Lipinski definition) is 6. The number of nitrogens with zero attached hydrogens (tertiary/aromatic N) is 3. The van der Waals surface area contributed by atoms with Gasteiger partial charge in [-0.1, -0.05) is 11.6 Å². The van der Waals surface area contributed by atoms with Gasteiger partial charge in [-0.15, -0.1) is 0 Å². The summed E-state index contributed by atoms with van der Waals surface area (Å²) in [4.78, 5) is 19.8. The van der Waals surface area contributed by atoms with Gasteiger partial charge in [0.15, 0.2) is 0 Å². The number of aromatic nitrogens is 2. The maximum absolute atomic E-state index is 13.0. The van der Waals surface area contributed by atoms with Gasteiger partial charge >= 0.3 is 0 Å². The molecule has 1 saturated carbocycles. The van der Waals surface area contributed by atoms with Crippen LogP contribution in [0, 0.1) is 6.92 Å². The molecule has 2 aromatic heterocycles. The summed E-state index contributed by atoms with van der Waals surface area (Å²) in [6, 6.07) is 10.4. The summed E-state index contributed by atoms with van der Waals surface area (Å²) in [5, 5.41) is 2.76. The van der Waals surface area contributed by atoms with E-state index in [0.29, 0.717) is 53.8 Å². The molecule has 184 valence electrons. The molecule has 0 atom stereocenters. The van der Waals surface area contributed by atoms with Crippen LogP contribution in [0.3, 0.4) is 0 Å². The first-order valence-electron chi connectivity index (χ1n) is 11.4. The zero-order valence-corrected chi connectivity index (χ0v) is 20.8. The molecule has 11 heteroatoms. The van der Waals surface area contributed by atoms with E-state index in [9.17, 15) is 13.2 Å². The third kappa shape index (κ3) is 5.44. The fourth-order valence-corrected chi connectivity index (χ4v) is 5.63. The number of halogens is 1. The normalized spacial score (nSPS) is 16.2. The number of hydrogen-bond donors (Lipinski definition) is 2. The lowest BCUT2D eigenvalue weighted by atomic mass is 10.2. The van der Waals surface area contributed by atoms with E-state index in [0.717, 1.165) is 24.5 Å². The van der Waals surface area contributed by atoms with E-state index < -0.39 is 10.0 Å². The van der Waals surface area contributed by atoms with Crippen molar-refractivity contribution in [3.63, 3.8) is 0 Å². The quantitative estimate of drug-likeness (QED) is 0.495. The molecule has 3 heterocycles. The van der Waals surface area contributed by atoms with Crippen molar-refractivity contribution in [2.75, 3.05) is 41.2 Å². The lowest BCUT2D eigenvalue weighted by molar-refractivity contribution is 0.102. The molecule has 2 fully saturated rings. The minimum atomic E-state index is -3.44. The molecule has 0 bridgehead atoms. The highest BCUT2D eigenvalue weighted by Gasteiger charge is 2.35. The Labute approximate surface area is 209 Å². The molecule has 35 heavy (non-hydrogen) atoms. The Morgan fingerprint density at radius 3 is 2.54 bits per heavy atom. The van der Waals surface area contributed by atoms with Gasteiger partial charge in [-0.25, -0.2) is 13.4 Å². The topological polar surface area (TPSA) is 106 Å². The summed E-state index contributed by atoms with van der Waals surface area (Å²) in [6.07, 6.45) is 4.86. The van der Waals surface area contributed by atoms with Crippen molar-refractivity contribution in [3.8, 4) is 5.82 Å². The first-order chi connectivity index (χ1) is 16.8. The molecule has 9 nitrogen and oxygen atoms in total. The number of carbonyl (C=O) groups excluding carboxylic acids is 1. The Kier molecular flexibility index (Phi) is 6.43. The lowest BCUT2D eigenvalue weighted by Crippen LogP contribution is -2.36. The van der Waals surface area contributed by atoms with Crippen LogP contribution in [-0.4, -0.2) is 55.4 Å². The van der Waals surface area contributed by atoms with E-state index >= 15 is 0 Å². The Hall–Kier alpha value is -3.08. The van der Waals surface area contributed by atoms with E-state index in [2.05, 4.69) is 19.9 Å². The van der Waals surface area contributed by atoms with Crippen molar-refractivity contribution < 1.29 is 17.9 Å². The number of ether oxygens (including phenoxy) is 1. The monoisotopic (exact) mass is 515 g/mol. The summed E-state index contributed by atoms with van der Waals surface area (Å²) in [5.74, 6) is 0.369. The SMILES string of the molecule is Cc1cc(C(=O)Nc2cc(Cl)cc(NS(=O)(=O)C3CC3)c2)cn1-c1ccc(N2CCOCC2)cn1. The lowest BCUT2D eigenvalue weighted by Gasteiger charge is -2.28. The predicted molar refractivity (Wildman–Crippen MR) is 136 cm³/mol. The number of morpholine rings is 1. The standard InChI is InChI=1S/C24H26ClN5O4S/c1-16-10-17(15-30(16)23-5-2-21(14-26-23)29-6-8-34-9-7-29)24(31)27-19-11-18(25)12-20(13-19)28-35(32,33)22-3-4-22/h2,5,10-15,22,28H,3-4,6-9H2,1H3,(H,27,31). The van der Waals surface area contributed by atoms with Crippen molar-refractivity contribution >= 4 is 44.6 Å². The number of aryl methyl sites for hydroxylation is 1. The maximum atomic E-state index is 13.0. The van der Waals surface area contributed by atoms with Gasteiger partial charge in [0.2, 0.25) is 10.0 Å². The van der Waals surface area contributed by atoms with E-state index in [-0.39, 0.29) is 11.2 Å². The van der Waals surface area contributed by atoms with Crippen LogP contribution in [0.15, 0.2) is 48.8 Å². The largest absolute Gasteiger partial charge is 0.378 e. The van der Waals surface area contributed by atoms with Crippen LogP contribution in [-0.2, 0) is 14.8 Å². The van der Waals surface area contributed by atoms with Crippen LogP contribution in [0.4, 0.5) is 17.1 Å².